The molecular formula is C15H19F6N5O4S. The summed E-state index contributed by atoms with van der Waals surface area (Å²) in [6.07, 6.45) is -8.17. The predicted octanol–water partition coefficient (Wildman–Crippen LogP) is 2.73. The molecule has 0 unspecified atom stereocenters. The maximum atomic E-state index is 10.6. The van der Waals surface area contributed by atoms with Crippen LogP contribution in [-0.4, -0.2) is 74.8 Å². The molecule has 0 aliphatic carbocycles. The number of hydrogen-bond acceptors (Lipinski definition) is 7. The Kier molecular flexibility index (Phi) is 10.4. The SMILES string of the molecule is Cc1nc(N)sc1-c1ccn(CCN(C)C)n1.O=C(O)C(F)(F)F.O=C(O)C(F)(F)F. The lowest BCUT2D eigenvalue weighted by molar-refractivity contribution is -0.193. The molecule has 0 bridgehead atoms. The van der Waals surface area contributed by atoms with Gasteiger partial charge in [-0.05, 0) is 27.1 Å². The second kappa shape index (κ2) is 11.5. The standard InChI is InChI=1S/C11H17N5S.2C2HF3O2/c1-8-10(17-11(12)13-8)9-4-5-16(14-9)7-6-15(2)3;2*3-2(4,5)1(6)7/h4-5H,6-7H2,1-3H3,(H2,12,13);2*(H,6,7). The van der Waals surface area contributed by atoms with Gasteiger partial charge in [-0.15, -0.1) is 0 Å². The predicted molar refractivity (Wildman–Crippen MR) is 98.4 cm³/mol. The molecule has 0 saturated carbocycles. The van der Waals surface area contributed by atoms with Crippen molar-refractivity contribution in [2.75, 3.05) is 26.4 Å². The number of aliphatic carboxylic acids is 2. The fraction of sp³-hybridized carbons (Fsp3) is 0.467. The van der Waals surface area contributed by atoms with Crippen molar-refractivity contribution in [2.45, 2.75) is 25.8 Å². The average molecular weight is 479 g/mol. The molecular weight excluding hydrogens is 460 g/mol. The number of aromatic nitrogens is 3. The van der Waals surface area contributed by atoms with Crippen LogP contribution in [0.2, 0.25) is 0 Å². The molecule has 2 heterocycles. The number of carboxylic acids is 2. The highest BCUT2D eigenvalue weighted by Crippen LogP contribution is 2.29. The van der Waals surface area contributed by atoms with Crippen LogP contribution in [-0.2, 0) is 16.1 Å². The molecule has 0 spiro atoms. The Labute approximate surface area is 175 Å². The molecule has 16 heteroatoms. The van der Waals surface area contributed by atoms with Crippen LogP contribution in [0, 0.1) is 6.92 Å². The molecule has 0 saturated heterocycles. The van der Waals surface area contributed by atoms with E-state index in [9.17, 15) is 26.3 Å². The van der Waals surface area contributed by atoms with Gasteiger partial charge in [0, 0.05) is 12.7 Å². The third kappa shape index (κ3) is 11.2. The highest BCUT2D eigenvalue weighted by molar-refractivity contribution is 7.18. The highest BCUT2D eigenvalue weighted by atomic mass is 32.1. The van der Waals surface area contributed by atoms with E-state index in [1.54, 1.807) is 0 Å². The van der Waals surface area contributed by atoms with Gasteiger partial charge in [-0.25, -0.2) is 14.6 Å². The summed E-state index contributed by atoms with van der Waals surface area (Å²) in [6, 6.07) is 2.01. The van der Waals surface area contributed by atoms with E-state index in [0.29, 0.717) is 5.13 Å². The number of aryl methyl sites for hydroxylation is 1. The number of carboxylic acid groups (broad SMARTS) is 2. The Balaban J connectivity index is 0.000000536. The minimum Gasteiger partial charge on any atom is -0.475 e. The molecule has 0 radical (unpaired) electrons. The normalized spacial score (nSPS) is 11.3. The van der Waals surface area contributed by atoms with E-state index >= 15 is 0 Å². The minimum atomic E-state index is -5.08. The fourth-order valence-electron chi connectivity index (χ4n) is 1.56. The zero-order valence-corrected chi connectivity index (χ0v) is 17.1. The number of nitrogens with zero attached hydrogens (tertiary/aromatic N) is 4. The van der Waals surface area contributed by atoms with Crippen LogP contribution >= 0.6 is 11.3 Å². The third-order valence-corrected chi connectivity index (χ3v) is 3.96. The number of alkyl halides is 6. The van der Waals surface area contributed by atoms with Crippen LogP contribution in [0.4, 0.5) is 31.5 Å². The number of hydrogen-bond donors (Lipinski definition) is 3. The van der Waals surface area contributed by atoms with E-state index < -0.39 is 24.3 Å². The Morgan fingerprint density at radius 1 is 1.13 bits per heavy atom. The third-order valence-electron chi connectivity index (χ3n) is 2.95. The molecule has 2 aromatic rings. The maximum absolute atomic E-state index is 10.6. The first-order chi connectivity index (χ1) is 13.9. The molecule has 2 rings (SSSR count). The molecule has 9 nitrogen and oxygen atoms in total. The van der Waals surface area contributed by atoms with E-state index in [1.165, 1.54) is 11.3 Å². The maximum Gasteiger partial charge on any atom is 0.490 e. The first-order valence-corrected chi connectivity index (χ1v) is 8.78. The van der Waals surface area contributed by atoms with Crippen molar-refractivity contribution in [1.29, 1.82) is 0 Å². The van der Waals surface area contributed by atoms with Crippen LogP contribution < -0.4 is 5.73 Å². The van der Waals surface area contributed by atoms with Crippen molar-refractivity contribution in [3.63, 3.8) is 0 Å². The zero-order valence-electron chi connectivity index (χ0n) is 16.3. The quantitative estimate of drug-likeness (QED) is 0.570. The summed E-state index contributed by atoms with van der Waals surface area (Å²) in [6.45, 7) is 3.83. The fourth-order valence-corrected chi connectivity index (χ4v) is 2.36. The number of likely N-dealkylation sites (N-methyl/N-ethyl adjacent to an activating group) is 1. The lowest BCUT2D eigenvalue weighted by Gasteiger charge is -2.08. The Morgan fingerprint density at radius 2 is 1.58 bits per heavy atom. The van der Waals surface area contributed by atoms with Gasteiger partial charge in [-0.3, -0.25) is 4.68 Å². The van der Waals surface area contributed by atoms with E-state index in [4.69, 9.17) is 25.5 Å². The van der Waals surface area contributed by atoms with Crippen molar-refractivity contribution in [3.8, 4) is 10.6 Å². The molecule has 0 aromatic carbocycles. The number of nitrogen functional groups attached to an aromatic ring is 1. The van der Waals surface area contributed by atoms with Crippen LogP contribution in [0.25, 0.3) is 10.6 Å². The topological polar surface area (TPSA) is 135 Å². The monoisotopic (exact) mass is 479 g/mol. The summed E-state index contributed by atoms with van der Waals surface area (Å²) in [5.41, 5.74) is 7.59. The lowest BCUT2D eigenvalue weighted by atomic mass is 10.3. The van der Waals surface area contributed by atoms with Gasteiger partial charge in [-0.1, -0.05) is 11.3 Å². The highest BCUT2D eigenvalue weighted by Gasteiger charge is 2.38. The van der Waals surface area contributed by atoms with E-state index in [-0.39, 0.29) is 0 Å². The number of rotatable bonds is 4. The average Bonchev–Trinajstić information content (AvgIpc) is 3.18. The van der Waals surface area contributed by atoms with Gasteiger partial charge in [0.25, 0.3) is 0 Å². The molecule has 4 N–H and O–H groups in total. The molecule has 176 valence electrons. The number of thiazole rings is 1. The van der Waals surface area contributed by atoms with E-state index in [2.05, 4.69) is 29.1 Å². The van der Waals surface area contributed by atoms with Crippen LogP contribution in [0.5, 0.6) is 0 Å². The lowest BCUT2D eigenvalue weighted by Crippen LogP contribution is -2.21. The number of nitrogens with two attached hydrogens (primary N) is 1. The number of carbonyl (C=O) groups is 2. The zero-order chi connectivity index (χ0) is 24.6. The minimum absolute atomic E-state index is 0.598. The summed E-state index contributed by atoms with van der Waals surface area (Å²) in [4.78, 5) is 25.2. The Bertz CT molecular complexity index is 839. The summed E-state index contributed by atoms with van der Waals surface area (Å²) in [5, 5.41) is 19.4. The van der Waals surface area contributed by atoms with Gasteiger partial charge in [0.05, 0.1) is 17.1 Å². The smallest absolute Gasteiger partial charge is 0.475 e. The van der Waals surface area contributed by atoms with Gasteiger partial charge in [0.1, 0.15) is 5.69 Å². The molecule has 0 atom stereocenters. The Morgan fingerprint density at radius 3 is 1.90 bits per heavy atom. The van der Waals surface area contributed by atoms with Crippen molar-refractivity contribution in [1.82, 2.24) is 19.7 Å². The Hall–Kier alpha value is -2.88. The number of anilines is 1. The van der Waals surface area contributed by atoms with Gasteiger partial charge < -0.3 is 20.8 Å². The van der Waals surface area contributed by atoms with Crippen LogP contribution in [0.15, 0.2) is 12.3 Å². The molecule has 0 aliphatic rings. The first-order valence-electron chi connectivity index (χ1n) is 7.96. The first kappa shape index (κ1) is 28.1. The van der Waals surface area contributed by atoms with E-state index in [1.807, 2.05) is 23.9 Å². The molecule has 0 aliphatic heterocycles. The summed E-state index contributed by atoms with van der Waals surface area (Å²) >= 11 is 1.49. The summed E-state index contributed by atoms with van der Waals surface area (Å²) in [5.74, 6) is -5.51. The van der Waals surface area contributed by atoms with Crippen molar-refractivity contribution < 1.29 is 46.1 Å². The van der Waals surface area contributed by atoms with Crippen LogP contribution in [0.1, 0.15) is 5.69 Å². The van der Waals surface area contributed by atoms with Crippen molar-refractivity contribution in [3.05, 3.63) is 18.0 Å². The van der Waals surface area contributed by atoms with E-state index in [0.717, 1.165) is 29.4 Å². The van der Waals surface area contributed by atoms with Gasteiger partial charge in [0.2, 0.25) is 0 Å². The van der Waals surface area contributed by atoms with Gasteiger partial charge in [-0.2, -0.15) is 31.4 Å². The molecule has 31 heavy (non-hydrogen) atoms. The van der Waals surface area contributed by atoms with Crippen molar-refractivity contribution in [2.24, 2.45) is 0 Å². The second-order valence-electron chi connectivity index (χ2n) is 5.84. The molecule has 0 fully saturated rings. The number of halogens is 6. The largest absolute Gasteiger partial charge is 0.490 e. The van der Waals surface area contributed by atoms with Gasteiger partial charge >= 0.3 is 24.3 Å². The van der Waals surface area contributed by atoms with Crippen LogP contribution in [0.3, 0.4) is 0 Å². The van der Waals surface area contributed by atoms with Crippen molar-refractivity contribution >= 4 is 28.4 Å². The summed E-state index contributed by atoms with van der Waals surface area (Å²) < 4.78 is 65.4. The summed E-state index contributed by atoms with van der Waals surface area (Å²) in [7, 11) is 4.11. The molecule has 0 amide bonds. The second-order valence-corrected chi connectivity index (χ2v) is 6.87. The molecule has 2 aromatic heterocycles. The van der Waals surface area contributed by atoms with Gasteiger partial charge in [0.15, 0.2) is 5.13 Å².